The van der Waals surface area contributed by atoms with Crippen molar-refractivity contribution in [2.75, 3.05) is 18.4 Å². The monoisotopic (exact) mass is 478 g/mol. The fourth-order valence-electron chi connectivity index (χ4n) is 4.04. The molecule has 1 aliphatic heterocycles. The Morgan fingerprint density at radius 3 is 2.69 bits per heavy atom. The number of aromatic nitrogens is 1. The second-order valence-electron chi connectivity index (χ2n) is 8.46. The number of amides is 3. The Balaban J connectivity index is 1.47. The molecule has 1 fully saturated rings. The van der Waals surface area contributed by atoms with Crippen molar-refractivity contribution in [2.45, 2.75) is 31.0 Å². The van der Waals surface area contributed by atoms with Crippen LogP contribution >= 0.6 is 0 Å². The van der Waals surface area contributed by atoms with Crippen molar-refractivity contribution in [1.29, 1.82) is 0 Å². The molecule has 3 atom stereocenters. The van der Waals surface area contributed by atoms with Crippen LogP contribution in [0.3, 0.4) is 0 Å². The van der Waals surface area contributed by atoms with Gasteiger partial charge < -0.3 is 27.0 Å². The molecule has 0 spiro atoms. The van der Waals surface area contributed by atoms with E-state index in [9.17, 15) is 18.8 Å². The molecule has 1 saturated heterocycles. The molecule has 2 heterocycles. The molecule has 6 N–H and O–H groups in total. The van der Waals surface area contributed by atoms with E-state index < -0.39 is 18.0 Å². The van der Waals surface area contributed by atoms with Crippen LogP contribution in [0.5, 0.6) is 0 Å². The average Bonchev–Trinajstić information content (AvgIpc) is 3.33. The van der Waals surface area contributed by atoms with E-state index in [4.69, 9.17) is 5.73 Å². The van der Waals surface area contributed by atoms with Crippen LogP contribution in [-0.2, 0) is 20.8 Å². The topological polar surface area (TPSA) is 138 Å². The highest BCUT2D eigenvalue weighted by molar-refractivity contribution is 5.99. The second-order valence-corrected chi connectivity index (χ2v) is 8.46. The van der Waals surface area contributed by atoms with E-state index in [2.05, 4.69) is 26.3 Å². The lowest BCUT2D eigenvalue weighted by molar-refractivity contribution is -0.127. The molecule has 9 nitrogen and oxygen atoms in total. The molecule has 10 heteroatoms. The molecular formula is C25H27FN6O3. The van der Waals surface area contributed by atoms with E-state index >= 15 is 0 Å². The van der Waals surface area contributed by atoms with Gasteiger partial charge in [0.05, 0.1) is 30.0 Å². The van der Waals surface area contributed by atoms with Gasteiger partial charge in [-0.05, 0) is 36.2 Å². The van der Waals surface area contributed by atoms with Crippen molar-refractivity contribution in [1.82, 2.24) is 20.9 Å². The fourth-order valence-corrected chi connectivity index (χ4v) is 4.04. The summed E-state index contributed by atoms with van der Waals surface area (Å²) in [6.45, 7) is 0.290. The van der Waals surface area contributed by atoms with Gasteiger partial charge in [0, 0.05) is 24.4 Å². The Morgan fingerprint density at radius 2 is 1.91 bits per heavy atom. The van der Waals surface area contributed by atoms with Crippen LogP contribution in [0.15, 0.2) is 60.8 Å². The molecule has 1 aliphatic rings. The maximum absolute atomic E-state index is 13.4. The number of anilines is 1. The number of pyridine rings is 1. The molecule has 1 aromatic heterocycles. The van der Waals surface area contributed by atoms with Gasteiger partial charge in [-0.2, -0.15) is 0 Å². The summed E-state index contributed by atoms with van der Waals surface area (Å²) in [5, 5.41) is 12.3. The Morgan fingerprint density at radius 1 is 1.14 bits per heavy atom. The van der Waals surface area contributed by atoms with Gasteiger partial charge in [0.25, 0.3) is 0 Å². The molecule has 0 bridgehead atoms. The molecule has 0 radical (unpaired) electrons. The van der Waals surface area contributed by atoms with Gasteiger partial charge in [-0.1, -0.05) is 30.3 Å². The smallest absolute Gasteiger partial charge is 0.247 e. The minimum Gasteiger partial charge on any atom is -0.351 e. The summed E-state index contributed by atoms with van der Waals surface area (Å²) in [5.41, 5.74) is 7.32. The molecule has 0 unspecified atom stereocenters. The number of rotatable bonds is 8. The number of nitrogens with one attached hydrogen (secondary N) is 4. The largest absolute Gasteiger partial charge is 0.351 e. The van der Waals surface area contributed by atoms with Crippen LogP contribution in [0.1, 0.15) is 12.0 Å². The predicted octanol–water partition coefficient (Wildman–Crippen LogP) is 0.845. The number of nitrogens with zero attached hydrogens (tertiary/aromatic N) is 1. The number of benzene rings is 2. The minimum atomic E-state index is -0.918. The average molecular weight is 479 g/mol. The number of halogens is 1. The zero-order chi connectivity index (χ0) is 24.8. The number of carbonyl (C=O) groups excluding carboxylic acids is 3. The summed E-state index contributed by atoms with van der Waals surface area (Å²) in [6, 6.07) is 13.4. The quantitative estimate of drug-likeness (QED) is 0.325. The number of hydrogen-bond donors (Lipinski definition) is 5. The highest BCUT2D eigenvalue weighted by Gasteiger charge is 2.32. The third-order valence-electron chi connectivity index (χ3n) is 5.84. The SMILES string of the molecule is NCC(=O)N[C@H]1CN[C@H](C(=O)N[C@H](Cc2ccc(F)cc2)C(=O)Nc2cnc3ccccc3c2)C1. The van der Waals surface area contributed by atoms with Gasteiger partial charge in [0.15, 0.2) is 0 Å². The first-order valence-corrected chi connectivity index (χ1v) is 11.3. The Labute approximate surface area is 201 Å². The van der Waals surface area contributed by atoms with Crippen molar-refractivity contribution in [3.05, 3.63) is 72.2 Å². The highest BCUT2D eigenvalue weighted by atomic mass is 19.1. The fraction of sp³-hybridized carbons (Fsp3) is 0.280. The summed E-state index contributed by atoms with van der Waals surface area (Å²) >= 11 is 0. The van der Waals surface area contributed by atoms with Gasteiger partial charge in [0.1, 0.15) is 11.9 Å². The Kier molecular flexibility index (Phi) is 7.64. The van der Waals surface area contributed by atoms with Gasteiger partial charge in [-0.3, -0.25) is 19.4 Å². The van der Waals surface area contributed by atoms with Crippen molar-refractivity contribution in [3.8, 4) is 0 Å². The maximum Gasteiger partial charge on any atom is 0.247 e. The van der Waals surface area contributed by atoms with Crippen LogP contribution in [0.4, 0.5) is 10.1 Å². The number of carbonyl (C=O) groups is 3. The molecular weight excluding hydrogens is 451 g/mol. The summed E-state index contributed by atoms with van der Waals surface area (Å²) < 4.78 is 13.4. The van der Waals surface area contributed by atoms with Crippen molar-refractivity contribution < 1.29 is 18.8 Å². The molecule has 182 valence electrons. The van der Waals surface area contributed by atoms with Crippen molar-refractivity contribution >= 4 is 34.3 Å². The minimum absolute atomic E-state index is 0.128. The van der Waals surface area contributed by atoms with E-state index in [-0.39, 0.29) is 36.6 Å². The van der Waals surface area contributed by atoms with E-state index in [0.29, 0.717) is 24.2 Å². The van der Waals surface area contributed by atoms with Gasteiger partial charge in [0.2, 0.25) is 17.7 Å². The molecule has 4 rings (SSSR count). The first kappa shape index (κ1) is 24.2. The first-order valence-electron chi connectivity index (χ1n) is 11.3. The lowest BCUT2D eigenvalue weighted by atomic mass is 10.0. The standard InChI is InChI=1S/C25H27FN6O3/c26-17-7-5-15(6-8-17)9-22(32-24(34)21-11-19(14-29-21)30-23(33)12-27)25(35)31-18-10-16-3-1-2-4-20(16)28-13-18/h1-8,10,13,19,21-22,29H,9,11-12,14,27H2,(H,30,33)(H,31,35)(H,32,34)/t19-,21+,22-/m1/s1. The second kappa shape index (κ2) is 11.0. The van der Waals surface area contributed by atoms with Crippen LogP contribution in [0.2, 0.25) is 0 Å². The Bertz CT molecular complexity index is 1220. The predicted molar refractivity (Wildman–Crippen MR) is 130 cm³/mol. The lowest BCUT2D eigenvalue weighted by Crippen LogP contribution is -2.50. The van der Waals surface area contributed by atoms with Crippen LogP contribution in [0, 0.1) is 5.82 Å². The van der Waals surface area contributed by atoms with Gasteiger partial charge >= 0.3 is 0 Å². The third kappa shape index (κ3) is 6.37. The molecule has 0 saturated carbocycles. The maximum atomic E-state index is 13.4. The van der Waals surface area contributed by atoms with Crippen LogP contribution in [0.25, 0.3) is 10.9 Å². The first-order chi connectivity index (χ1) is 16.9. The molecule has 2 aromatic carbocycles. The van der Waals surface area contributed by atoms with Crippen LogP contribution < -0.4 is 27.0 Å². The summed E-state index contributed by atoms with van der Waals surface area (Å²) in [6.07, 6.45) is 2.09. The van der Waals surface area contributed by atoms with E-state index in [1.807, 2.05) is 24.3 Å². The summed E-state index contributed by atoms with van der Waals surface area (Å²) in [7, 11) is 0. The molecule has 3 aromatic rings. The zero-order valence-electron chi connectivity index (χ0n) is 19.0. The number of para-hydroxylation sites is 1. The molecule has 3 amide bonds. The van der Waals surface area contributed by atoms with E-state index in [1.54, 1.807) is 24.4 Å². The number of hydrogen-bond acceptors (Lipinski definition) is 6. The van der Waals surface area contributed by atoms with E-state index in [0.717, 1.165) is 10.9 Å². The highest BCUT2D eigenvalue weighted by Crippen LogP contribution is 2.17. The summed E-state index contributed by atoms with van der Waals surface area (Å²) in [4.78, 5) is 42.1. The number of nitrogens with two attached hydrogens (primary N) is 1. The van der Waals surface area contributed by atoms with Crippen molar-refractivity contribution in [2.24, 2.45) is 5.73 Å². The lowest BCUT2D eigenvalue weighted by Gasteiger charge is -2.21. The third-order valence-corrected chi connectivity index (χ3v) is 5.84. The van der Waals surface area contributed by atoms with Crippen LogP contribution in [-0.4, -0.2) is 53.9 Å². The Hall–Kier alpha value is -3.89. The van der Waals surface area contributed by atoms with Gasteiger partial charge in [-0.15, -0.1) is 0 Å². The molecule has 35 heavy (non-hydrogen) atoms. The zero-order valence-corrected chi connectivity index (χ0v) is 19.0. The normalized spacial score (nSPS) is 18.1. The summed E-state index contributed by atoms with van der Waals surface area (Å²) in [5.74, 6) is -1.48. The van der Waals surface area contributed by atoms with Gasteiger partial charge in [-0.25, -0.2) is 4.39 Å². The van der Waals surface area contributed by atoms with E-state index in [1.165, 1.54) is 12.1 Å². The number of fused-ring (bicyclic) bond motifs is 1. The molecule has 0 aliphatic carbocycles. The van der Waals surface area contributed by atoms with Crippen molar-refractivity contribution in [3.63, 3.8) is 0 Å².